The number of rotatable bonds is 1. The molecular formula is C13H15F4N. The summed E-state index contributed by atoms with van der Waals surface area (Å²) in [5.74, 6) is -0.900. The second kappa shape index (κ2) is 4.53. The maximum Gasteiger partial charge on any atom is 0.416 e. The molecule has 5 heteroatoms. The molecule has 0 bridgehead atoms. The Bertz CT molecular complexity index is 441. The summed E-state index contributed by atoms with van der Waals surface area (Å²) in [7, 11) is 0. The van der Waals surface area contributed by atoms with E-state index < -0.39 is 17.6 Å². The molecule has 1 aromatic rings. The summed E-state index contributed by atoms with van der Waals surface area (Å²) >= 11 is 0. The molecule has 1 saturated heterocycles. The minimum absolute atomic E-state index is 0.0582. The van der Waals surface area contributed by atoms with Crippen LogP contribution < -0.4 is 5.32 Å². The van der Waals surface area contributed by atoms with Crippen LogP contribution in [0.15, 0.2) is 18.2 Å². The molecule has 2 rings (SSSR count). The van der Waals surface area contributed by atoms with Crippen LogP contribution in [0.3, 0.4) is 0 Å². The van der Waals surface area contributed by atoms with Gasteiger partial charge in [-0.3, -0.25) is 0 Å². The van der Waals surface area contributed by atoms with Crippen molar-refractivity contribution in [3.8, 4) is 0 Å². The minimum Gasteiger partial charge on any atom is -0.311 e. The van der Waals surface area contributed by atoms with Gasteiger partial charge in [-0.2, -0.15) is 13.2 Å². The first-order valence-corrected chi connectivity index (χ1v) is 5.91. The van der Waals surface area contributed by atoms with Crippen LogP contribution in [0.25, 0.3) is 0 Å². The van der Waals surface area contributed by atoms with Gasteiger partial charge >= 0.3 is 6.18 Å². The van der Waals surface area contributed by atoms with Crippen molar-refractivity contribution >= 4 is 0 Å². The van der Waals surface area contributed by atoms with E-state index in [-0.39, 0.29) is 18.0 Å². The summed E-state index contributed by atoms with van der Waals surface area (Å²) in [6.45, 7) is 3.88. The zero-order chi connectivity index (χ0) is 13.5. The van der Waals surface area contributed by atoms with E-state index in [0.717, 1.165) is 12.5 Å². The van der Waals surface area contributed by atoms with Crippen LogP contribution in [0.4, 0.5) is 17.6 Å². The monoisotopic (exact) mass is 261 g/mol. The molecule has 0 amide bonds. The molecular weight excluding hydrogens is 246 g/mol. The maximum absolute atomic E-state index is 13.3. The Morgan fingerprint density at radius 3 is 2.33 bits per heavy atom. The highest BCUT2D eigenvalue weighted by atomic mass is 19.4. The maximum atomic E-state index is 13.3. The van der Waals surface area contributed by atoms with Crippen LogP contribution in [0.1, 0.15) is 37.3 Å². The molecule has 100 valence electrons. The van der Waals surface area contributed by atoms with Crippen molar-refractivity contribution < 1.29 is 17.6 Å². The molecule has 0 saturated carbocycles. The Morgan fingerprint density at radius 1 is 1.17 bits per heavy atom. The topological polar surface area (TPSA) is 12.0 Å². The summed E-state index contributed by atoms with van der Waals surface area (Å²) in [6, 6.07) is 3.10. The molecule has 1 nitrogen and oxygen atoms in total. The fourth-order valence-electron chi connectivity index (χ4n) is 2.63. The van der Waals surface area contributed by atoms with Gasteiger partial charge in [-0.25, -0.2) is 4.39 Å². The third-order valence-electron chi connectivity index (χ3n) is 3.43. The summed E-state index contributed by atoms with van der Waals surface area (Å²) in [4.78, 5) is 0. The molecule has 3 unspecified atom stereocenters. The molecule has 0 aromatic heterocycles. The minimum atomic E-state index is -4.50. The predicted molar refractivity (Wildman–Crippen MR) is 60.8 cm³/mol. The van der Waals surface area contributed by atoms with E-state index in [2.05, 4.69) is 5.32 Å². The van der Waals surface area contributed by atoms with Gasteiger partial charge in [0.15, 0.2) is 0 Å². The first-order valence-electron chi connectivity index (χ1n) is 5.91. The highest BCUT2D eigenvalue weighted by Gasteiger charge is 2.34. The second-order valence-electron chi connectivity index (χ2n) is 4.97. The summed E-state index contributed by atoms with van der Waals surface area (Å²) < 4.78 is 51.2. The third kappa shape index (κ3) is 2.66. The quantitative estimate of drug-likeness (QED) is 0.760. The third-order valence-corrected chi connectivity index (χ3v) is 3.43. The van der Waals surface area contributed by atoms with Crippen LogP contribution in [0.5, 0.6) is 0 Å². The van der Waals surface area contributed by atoms with Gasteiger partial charge in [-0.15, -0.1) is 0 Å². The second-order valence-corrected chi connectivity index (χ2v) is 4.97. The van der Waals surface area contributed by atoms with Crippen molar-refractivity contribution in [3.05, 3.63) is 35.1 Å². The molecule has 1 aromatic carbocycles. The number of benzene rings is 1. The lowest BCUT2D eigenvalue weighted by Crippen LogP contribution is -2.26. The zero-order valence-corrected chi connectivity index (χ0v) is 10.2. The van der Waals surface area contributed by atoms with Gasteiger partial charge in [0, 0.05) is 18.0 Å². The lowest BCUT2D eigenvalue weighted by atomic mass is 9.90. The number of hydrogen-bond donors (Lipinski definition) is 1. The highest BCUT2D eigenvalue weighted by Crippen LogP contribution is 2.36. The van der Waals surface area contributed by atoms with Crippen LogP contribution in [0, 0.1) is 5.82 Å². The van der Waals surface area contributed by atoms with Crippen molar-refractivity contribution in [3.63, 3.8) is 0 Å². The number of halogens is 4. The van der Waals surface area contributed by atoms with E-state index in [9.17, 15) is 17.6 Å². The molecule has 1 aliphatic heterocycles. The molecule has 0 spiro atoms. The summed E-state index contributed by atoms with van der Waals surface area (Å²) in [6.07, 6.45) is -3.78. The van der Waals surface area contributed by atoms with E-state index in [1.807, 2.05) is 13.8 Å². The SMILES string of the molecule is CC1CC(c2cc(F)cc(C(F)(F)F)c2)C(C)N1. The summed E-state index contributed by atoms with van der Waals surface area (Å²) in [5.41, 5.74) is -0.490. The number of hydrogen-bond acceptors (Lipinski definition) is 1. The lowest BCUT2D eigenvalue weighted by molar-refractivity contribution is -0.137. The Hall–Kier alpha value is -1.10. The van der Waals surface area contributed by atoms with Crippen LogP contribution in [0.2, 0.25) is 0 Å². The van der Waals surface area contributed by atoms with Crippen LogP contribution in [-0.2, 0) is 6.18 Å². The zero-order valence-electron chi connectivity index (χ0n) is 10.2. The van der Waals surface area contributed by atoms with E-state index in [1.165, 1.54) is 6.07 Å². The molecule has 1 aliphatic rings. The van der Waals surface area contributed by atoms with Gasteiger partial charge in [-0.1, -0.05) is 0 Å². The van der Waals surface area contributed by atoms with E-state index in [0.29, 0.717) is 11.6 Å². The first kappa shape index (κ1) is 13.3. The largest absolute Gasteiger partial charge is 0.416 e. The predicted octanol–water partition coefficient (Wildman–Crippen LogP) is 3.70. The van der Waals surface area contributed by atoms with Crippen molar-refractivity contribution in [2.75, 3.05) is 0 Å². The Labute approximate surface area is 103 Å². The van der Waals surface area contributed by atoms with E-state index >= 15 is 0 Å². The lowest BCUT2D eigenvalue weighted by Gasteiger charge is -2.17. The van der Waals surface area contributed by atoms with E-state index in [4.69, 9.17) is 0 Å². The van der Waals surface area contributed by atoms with Crippen molar-refractivity contribution in [1.29, 1.82) is 0 Å². The van der Waals surface area contributed by atoms with Crippen molar-refractivity contribution in [2.45, 2.75) is 44.4 Å². The van der Waals surface area contributed by atoms with Gasteiger partial charge in [-0.05, 0) is 44.0 Å². The molecule has 0 aliphatic carbocycles. The number of alkyl halides is 3. The average Bonchev–Trinajstić information content (AvgIpc) is 2.55. The van der Waals surface area contributed by atoms with Gasteiger partial charge in [0.1, 0.15) is 5.82 Å². The van der Waals surface area contributed by atoms with Crippen LogP contribution in [-0.4, -0.2) is 12.1 Å². The van der Waals surface area contributed by atoms with E-state index in [1.54, 1.807) is 0 Å². The molecule has 1 heterocycles. The normalized spacial score (nSPS) is 28.7. The van der Waals surface area contributed by atoms with Gasteiger partial charge in [0.25, 0.3) is 0 Å². The fraction of sp³-hybridized carbons (Fsp3) is 0.538. The fourth-order valence-corrected chi connectivity index (χ4v) is 2.63. The van der Waals surface area contributed by atoms with Crippen molar-refractivity contribution in [1.82, 2.24) is 5.32 Å². The molecule has 1 N–H and O–H groups in total. The first-order chi connectivity index (χ1) is 8.27. The number of nitrogens with one attached hydrogen (secondary N) is 1. The average molecular weight is 261 g/mol. The van der Waals surface area contributed by atoms with Gasteiger partial charge in [0.05, 0.1) is 5.56 Å². The smallest absolute Gasteiger partial charge is 0.311 e. The molecule has 1 fully saturated rings. The highest BCUT2D eigenvalue weighted by molar-refractivity contribution is 5.31. The molecule has 3 atom stereocenters. The standard InChI is InChI=1S/C13H15F4N/c1-7-3-12(8(2)18-7)9-4-10(13(15,16)17)6-11(14)5-9/h4-8,12,18H,3H2,1-2H3. The summed E-state index contributed by atoms with van der Waals surface area (Å²) in [5, 5.41) is 3.24. The molecule has 18 heavy (non-hydrogen) atoms. The van der Waals surface area contributed by atoms with Crippen LogP contribution >= 0.6 is 0 Å². The van der Waals surface area contributed by atoms with Crippen molar-refractivity contribution in [2.24, 2.45) is 0 Å². The van der Waals surface area contributed by atoms with Gasteiger partial charge in [0.2, 0.25) is 0 Å². The Kier molecular flexibility index (Phi) is 3.36. The Morgan fingerprint density at radius 2 is 1.83 bits per heavy atom. The van der Waals surface area contributed by atoms with Gasteiger partial charge < -0.3 is 5.32 Å². The molecule has 0 radical (unpaired) electrons. The Balaban J connectivity index is 2.37.